The highest BCUT2D eigenvalue weighted by Crippen LogP contribution is 2.23. The van der Waals surface area contributed by atoms with Gasteiger partial charge in [0.05, 0.1) is 17.6 Å². The highest BCUT2D eigenvalue weighted by Gasteiger charge is 2.13. The minimum atomic E-state index is -0.332. The van der Waals surface area contributed by atoms with Crippen molar-refractivity contribution in [3.8, 4) is 16.9 Å². The van der Waals surface area contributed by atoms with Gasteiger partial charge in [0.2, 0.25) is 0 Å². The van der Waals surface area contributed by atoms with E-state index in [-0.39, 0.29) is 5.91 Å². The summed E-state index contributed by atoms with van der Waals surface area (Å²) in [4.78, 5) is 12.7. The van der Waals surface area contributed by atoms with E-state index in [0.717, 1.165) is 39.6 Å². The zero-order chi connectivity index (χ0) is 20.2. The fourth-order valence-corrected chi connectivity index (χ4v) is 3.41. The summed E-state index contributed by atoms with van der Waals surface area (Å²) in [6.45, 7) is 3.78. The van der Waals surface area contributed by atoms with Gasteiger partial charge < -0.3 is 0 Å². The van der Waals surface area contributed by atoms with E-state index in [2.05, 4.69) is 26.2 Å². The first-order valence-corrected chi connectivity index (χ1v) is 9.73. The molecule has 29 heavy (non-hydrogen) atoms. The van der Waals surface area contributed by atoms with E-state index in [9.17, 15) is 4.79 Å². The zero-order valence-electron chi connectivity index (χ0n) is 15.9. The number of hydrogen-bond donors (Lipinski definition) is 1. The molecule has 1 amide bonds. The van der Waals surface area contributed by atoms with E-state index in [1.165, 1.54) is 0 Å². The number of aryl methyl sites for hydroxylation is 2. The standard InChI is InChI=1S/C21H18N6OS/c1-14-7-6-8-16(11-14)19-17(13-27(25-19)18-9-4-3-5-10-18)12-22-24-21(28)20-15(2)23-26-29-20/h3-13H,1-2H3,(H,24,28). The topological polar surface area (TPSA) is 85.1 Å². The van der Waals surface area contributed by atoms with Crippen molar-refractivity contribution in [3.63, 3.8) is 0 Å². The van der Waals surface area contributed by atoms with Crippen molar-refractivity contribution in [2.24, 2.45) is 5.10 Å². The normalized spacial score (nSPS) is 11.1. The molecule has 0 unspecified atom stereocenters. The minimum absolute atomic E-state index is 0.332. The van der Waals surface area contributed by atoms with Crippen molar-refractivity contribution in [1.29, 1.82) is 0 Å². The summed E-state index contributed by atoms with van der Waals surface area (Å²) < 4.78 is 5.58. The third-order valence-electron chi connectivity index (χ3n) is 4.28. The Morgan fingerprint density at radius 3 is 2.69 bits per heavy atom. The van der Waals surface area contributed by atoms with Crippen LogP contribution in [0.15, 0.2) is 65.9 Å². The highest BCUT2D eigenvalue weighted by atomic mass is 32.1. The summed E-state index contributed by atoms with van der Waals surface area (Å²) in [6, 6.07) is 18.0. The van der Waals surface area contributed by atoms with Crippen LogP contribution in [0.3, 0.4) is 0 Å². The Labute approximate surface area is 171 Å². The van der Waals surface area contributed by atoms with Crippen molar-refractivity contribution in [2.45, 2.75) is 13.8 Å². The average Bonchev–Trinajstić information content (AvgIpc) is 3.35. The number of hydrazone groups is 1. The van der Waals surface area contributed by atoms with Crippen LogP contribution >= 0.6 is 11.5 Å². The smallest absolute Gasteiger partial charge is 0.266 e. The van der Waals surface area contributed by atoms with Gasteiger partial charge in [-0.25, -0.2) is 10.1 Å². The van der Waals surface area contributed by atoms with Crippen LogP contribution in [0.25, 0.3) is 16.9 Å². The number of aromatic nitrogens is 4. The molecule has 4 rings (SSSR count). The molecule has 2 heterocycles. The summed E-state index contributed by atoms with van der Waals surface area (Å²) in [5, 5.41) is 12.7. The van der Waals surface area contributed by atoms with Gasteiger partial charge in [0.1, 0.15) is 10.6 Å². The molecule has 0 atom stereocenters. The first-order valence-electron chi connectivity index (χ1n) is 8.96. The Morgan fingerprint density at radius 2 is 1.97 bits per heavy atom. The maximum Gasteiger partial charge on any atom is 0.285 e. The first kappa shape index (κ1) is 18.7. The van der Waals surface area contributed by atoms with E-state index in [1.54, 1.807) is 17.8 Å². The molecular weight excluding hydrogens is 384 g/mol. The number of carbonyl (C=O) groups is 1. The van der Waals surface area contributed by atoms with Crippen molar-refractivity contribution in [1.82, 2.24) is 24.8 Å². The second-order valence-corrected chi connectivity index (χ2v) is 7.22. The number of hydrogen-bond acceptors (Lipinski definition) is 6. The molecule has 0 saturated carbocycles. The third kappa shape index (κ3) is 4.12. The number of amides is 1. The lowest BCUT2D eigenvalue weighted by Gasteiger charge is -2.01. The molecule has 144 valence electrons. The van der Waals surface area contributed by atoms with E-state index < -0.39 is 0 Å². The molecule has 4 aromatic rings. The summed E-state index contributed by atoms with van der Waals surface area (Å²) in [5.41, 5.74) is 7.76. The van der Waals surface area contributed by atoms with Gasteiger partial charge in [0.15, 0.2) is 0 Å². The average molecular weight is 402 g/mol. The fraction of sp³-hybridized carbons (Fsp3) is 0.0952. The van der Waals surface area contributed by atoms with Crippen LogP contribution in [-0.2, 0) is 0 Å². The minimum Gasteiger partial charge on any atom is -0.266 e. The van der Waals surface area contributed by atoms with Gasteiger partial charge in [-0.05, 0) is 43.6 Å². The van der Waals surface area contributed by atoms with Gasteiger partial charge in [-0.2, -0.15) is 10.2 Å². The molecule has 0 radical (unpaired) electrons. The van der Waals surface area contributed by atoms with Gasteiger partial charge in [0, 0.05) is 17.3 Å². The molecule has 0 fully saturated rings. The predicted molar refractivity (Wildman–Crippen MR) is 113 cm³/mol. The van der Waals surface area contributed by atoms with Gasteiger partial charge in [-0.1, -0.05) is 46.4 Å². The molecule has 0 aliphatic rings. The first-order chi connectivity index (χ1) is 14.1. The van der Waals surface area contributed by atoms with E-state index in [4.69, 9.17) is 5.10 Å². The maximum atomic E-state index is 12.2. The van der Waals surface area contributed by atoms with Gasteiger partial charge in [-0.3, -0.25) is 4.79 Å². The number of carbonyl (C=O) groups excluding carboxylic acids is 1. The molecule has 0 saturated heterocycles. The molecule has 0 aliphatic carbocycles. The zero-order valence-corrected chi connectivity index (χ0v) is 16.7. The van der Waals surface area contributed by atoms with Crippen LogP contribution in [0.1, 0.15) is 26.5 Å². The van der Waals surface area contributed by atoms with Crippen LogP contribution < -0.4 is 5.43 Å². The monoisotopic (exact) mass is 402 g/mol. The van der Waals surface area contributed by atoms with Crippen molar-refractivity contribution >= 4 is 23.7 Å². The van der Waals surface area contributed by atoms with E-state index in [1.807, 2.05) is 61.7 Å². The molecule has 7 nitrogen and oxygen atoms in total. The van der Waals surface area contributed by atoms with Gasteiger partial charge in [0.25, 0.3) is 5.91 Å². The van der Waals surface area contributed by atoms with Gasteiger partial charge in [-0.15, -0.1) is 5.10 Å². The number of rotatable bonds is 5. The van der Waals surface area contributed by atoms with Crippen LogP contribution in [0.5, 0.6) is 0 Å². The Hall–Kier alpha value is -3.65. The summed E-state index contributed by atoms with van der Waals surface area (Å²) in [7, 11) is 0. The Morgan fingerprint density at radius 1 is 1.14 bits per heavy atom. The second kappa shape index (κ2) is 8.15. The lowest BCUT2D eigenvalue weighted by Crippen LogP contribution is -2.17. The molecule has 2 aromatic carbocycles. The SMILES string of the molecule is Cc1cccc(-c2nn(-c3ccccc3)cc2C=NNC(=O)c2snnc2C)c1. The summed E-state index contributed by atoms with van der Waals surface area (Å²) in [6.07, 6.45) is 3.49. The lowest BCUT2D eigenvalue weighted by atomic mass is 10.1. The number of para-hydroxylation sites is 1. The Balaban J connectivity index is 1.66. The van der Waals surface area contributed by atoms with Crippen LogP contribution in [-0.4, -0.2) is 31.5 Å². The third-order valence-corrected chi connectivity index (χ3v) is 5.11. The highest BCUT2D eigenvalue weighted by molar-refractivity contribution is 7.07. The Bertz CT molecular complexity index is 1180. The molecule has 0 aliphatic heterocycles. The van der Waals surface area contributed by atoms with Crippen molar-refractivity contribution < 1.29 is 4.79 Å². The molecule has 0 spiro atoms. The van der Waals surface area contributed by atoms with Crippen LogP contribution in [0.2, 0.25) is 0 Å². The largest absolute Gasteiger partial charge is 0.285 e. The van der Waals surface area contributed by atoms with Crippen LogP contribution in [0.4, 0.5) is 0 Å². The number of nitrogens with zero attached hydrogens (tertiary/aromatic N) is 5. The number of benzene rings is 2. The maximum absolute atomic E-state index is 12.2. The summed E-state index contributed by atoms with van der Waals surface area (Å²) in [5.74, 6) is -0.332. The molecule has 8 heteroatoms. The van der Waals surface area contributed by atoms with Crippen LogP contribution in [0, 0.1) is 13.8 Å². The molecule has 1 N–H and O–H groups in total. The Kier molecular flexibility index (Phi) is 5.26. The molecule has 2 aromatic heterocycles. The fourth-order valence-electron chi connectivity index (χ4n) is 2.86. The molecular formula is C21H18N6OS. The quantitative estimate of drug-likeness (QED) is 0.407. The summed E-state index contributed by atoms with van der Waals surface area (Å²) >= 11 is 1.04. The van der Waals surface area contributed by atoms with E-state index >= 15 is 0 Å². The second-order valence-electron chi connectivity index (χ2n) is 6.47. The van der Waals surface area contributed by atoms with Crippen molar-refractivity contribution in [3.05, 3.63) is 82.5 Å². The number of nitrogens with one attached hydrogen (secondary N) is 1. The lowest BCUT2D eigenvalue weighted by molar-refractivity contribution is 0.0958. The van der Waals surface area contributed by atoms with Gasteiger partial charge >= 0.3 is 0 Å². The molecule has 0 bridgehead atoms. The predicted octanol–water partition coefficient (Wildman–Crippen LogP) is 3.77. The van der Waals surface area contributed by atoms with Crippen molar-refractivity contribution in [2.75, 3.05) is 0 Å². The van der Waals surface area contributed by atoms with E-state index in [0.29, 0.717) is 10.6 Å².